The summed E-state index contributed by atoms with van der Waals surface area (Å²) in [5, 5.41) is 6.35. The molecule has 1 aliphatic heterocycles. The lowest BCUT2D eigenvalue weighted by atomic mass is 9.87. The molecule has 0 fully saturated rings. The molecule has 1 unspecified atom stereocenters. The number of nitrogens with two attached hydrogens (primary N) is 1. The van der Waals surface area contributed by atoms with Gasteiger partial charge in [-0.3, -0.25) is 5.32 Å². The molecule has 27 heavy (non-hydrogen) atoms. The fourth-order valence-corrected chi connectivity index (χ4v) is 3.19. The molecule has 150 valence electrons. The smallest absolute Gasteiger partial charge is 0.204 e. The van der Waals surface area contributed by atoms with Crippen molar-refractivity contribution < 1.29 is 0 Å². The van der Waals surface area contributed by atoms with Crippen LogP contribution in [-0.4, -0.2) is 18.1 Å². The fraction of sp³-hybridized carbons (Fsp3) is 0.636. The fourth-order valence-electron chi connectivity index (χ4n) is 3.19. The van der Waals surface area contributed by atoms with Crippen LogP contribution in [0, 0.1) is 0 Å². The van der Waals surface area contributed by atoms with Gasteiger partial charge >= 0.3 is 0 Å². The lowest BCUT2D eigenvalue weighted by Crippen LogP contribution is -2.45. The van der Waals surface area contributed by atoms with E-state index in [-0.39, 0.29) is 11.6 Å². The number of rotatable bonds is 9. The van der Waals surface area contributed by atoms with Crippen molar-refractivity contribution in [2.45, 2.75) is 90.6 Å². The summed E-state index contributed by atoms with van der Waals surface area (Å²) in [7, 11) is 0. The first-order valence-corrected chi connectivity index (χ1v) is 10.4. The number of hydrogen-bond donors (Lipinski definition) is 3. The van der Waals surface area contributed by atoms with E-state index in [1.807, 2.05) is 0 Å². The number of anilines is 1. The highest BCUT2D eigenvalue weighted by Gasteiger charge is 2.16. The zero-order valence-electron chi connectivity index (χ0n) is 17.5. The van der Waals surface area contributed by atoms with Gasteiger partial charge in [0.2, 0.25) is 5.96 Å². The maximum atomic E-state index is 5.95. The van der Waals surface area contributed by atoms with E-state index in [4.69, 9.17) is 5.73 Å². The van der Waals surface area contributed by atoms with E-state index in [1.165, 1.54) is 44.1 Å². The summed E-state index contributed by atoms with van der Waals surface area (Å²) >= 11 is 0. The molecule has 4 N–H and O–H groups in total. The highest BCUT2D eigenvalue weighted by atomic mass is 15.3. The molecule has 0 spiro atoms. The van der Waals surface area contributed by atoms with E-state index in [2.05, 4.69) is 72.6 Å². The molecule has 0 bridgehead atoms. The van der Waals surface area contributed by atoms with Crippen LogP contribution in [0.5, 0.6) is 0 Å². The van der Waals surface area contributed by atoms with E-state index in [0.717, 1.165) is 18.5 Å². The quantitative estimate of drug-likeness (QED) is 0.526. The van der Waals surface area contributed by atoms with E-state index in [0.29, 0.717) is 11.9 Å². The first kappa shape index (κ1) is 21.3. The van der Waals surface area contributed by atoms with Crippen LogP contribution in [-0.2, 0) is 5.41 Å². The Bertz CT molecular complexity index is 625. The average Bonchev–Trinajstić information content (AvgIpc) is 2.60. The zero-order chi connectivity index (χ0) is 19.7. The molecule has 0 aromatic heterocycles. The van der Waals surface area contributed by atoms with Crippen LogP contribution in [0.4, 0.5) is 5.69 Å². The summed E-state index contributed by atoms with van der Waals surface area (Å²) in [5.41, 5.74) is 8.41. The van der Waals surface area contributed by atoms with Crippen molar-refractivity contribution >= 4 is 17.6 Å². The Balaban J connectivity index is 1.82. The summed E-state index contributed by atoms with van der Waals surface area (Å²) in [6, 6.07) is 8.47. The standard InChI is InChI=1S/C22H37N5/c1-5-6-7-8-9-10-11-12-19-25-20(23)27-21(26-19)24-18-15-13-17(14-16-18)22(2,3)4/h13-16,19H,5-12H2,1-4H3,(H4,23,24,25,26,27). The topological polar surface area (TPSA) is 74.8 Å². The molecule has 0 aliphatic carbocycles. The summed E-state index contributed by atoms with van der Waals surface area (Å²) in [6.45, 7) is 8.90. The van der Waals surface area contributed by atoms with Gasteiger partial charge in [-0.25, -0.2) is 9.98 Å². The Morgan fingerprint density at radius 3 is 2.22 bits per heavy atom. The first-order valence-electron chi connectivity index (χ1n) is 10.4. The molecule has 0 amide bonds. The predicted molar refractivity (Wildman–Crippen MR) is 117 cm³/mol. The van der Waals surface area contributed by atoms with Crippen LogP contribution in [0.25, 0.3) is 0 Å². The lowest BCUT2D eigenvalue weighted by Gasteiger charge is -2.21. The second kappa shape index (κ2) is 10.3. The number of aliphatic imine (C=N–C) groups is 2. The van der Waals surface area contributed by atoms with Gasteiger partial charge in [-0.1, -0.05) is 78.4 Å². The highest BCUT2D eigenvalue weighted by molar-refractivity contribution is 6.05. The lowest BCUT2D eigenvalue weighted by molar-refractivity contribution is 0.536. The molecule has 1 heterocycles. The van der Waals surface area contributed by atoms with Crippen LogP contribution in [0.2, 0.25) is 0 Å². The third-order valence-corrected chi connectivity index (χ3v) is 4.89. The molecule has 1 aliphatic rings. The SMILES string of the molecule is CCCCCCCCCC1N=C(N)NC(Nc2ccc(C(C)(C)C)cc2)=N1. The molecule has 1 atom stereocenters. The Labute approximate surface area is 164 Å². The van der Waals surface area contributed by atoms with Gasteiger partial charge in [-0.15, -0.1) is 0 Å². The van der Waals surface area contributed by atoms with Crippen molar-refractivity contribution in [1.82, 2.24) is 5.32 Å². The molecule has 0 radical (unpaired) electrons. The number of nitrogens with zero attached hydrogens (tertiary/aromatic N) is 2. The van der Waals surface area contributed by atoms with Gasteiger partial charge in [-0.05, 0) is 36.0 Å². The van der Waals surface area contributed by atoms with E-state index in [9.17, 15) is 0 Å². The second-order valence-electron chi connectivity index (χ2n) is 8.46. The molecule has 5 nitrogen and oxygen atoms in total. The molecular formula is C22H37N5. The minimum atomic E-state index is -0.0850. The predicted octanol–water partition coefficient (Wildman–Crippen LogP) is 5.14. The number of unbranched alkanes of at least 4 members (excludes halogenated alkanes) is 6. The zero-order valence-corrected chi connectivity index (χ0v) is 17.5. The van der Waals surface area contributed by atoms with E-state index in [1.54, 1.807) is 0 Å². The number of guanidine groups is 2. The Morgan fingerprint density at radius 2 is 1.59 bits per heavy atom. The van der Waals surface area contributed by atoms with Crippen molar-refractivity contribution in [3.8, 4) is 0 Å². The van der Waals surface area contributed by atoms with Crippen molar-refractivity contribution in [1.29, 1.82) is 0 Å². The molecule has 5 heteroatoms. The van der Waals surface area contributed by atoms with Gasteiger partial charge in [0.1, 0.15) is 6.17 Å². The Hall–Kier alpha value is -2.04. The molecular weight excluding hydrogens is 334 g/mol. The monoisotopic (exact) mass is 371 g/mol. The number of benzene rings is 1. The molecule has 1 aromatic rings. The van der Waals surface area contributed by atoms with Gasteiger partial charge < -0.3 is 11.1 Å². The van der Waals surface area contributed by atoms with Crippen molar-refractivity contribution in [2.75, 3.05) is 5.32 Å². The van der Waals surface area contributed by atoms with Crippen LogP contribution in [0.3, 0.4) is 0 Å². The minimum absolute atomic E-state index is 0.0850. The molecule has 2 rings (SSSR count). The molecule has 0 saturated carbocycles. The Kier molecular flexibility index (Phi) is 8.14. The summed E-state index contributed by atoms with van der Waals surface area (Å²) in [4.78, 5) is 9.10. The number of nitrogens with one attached hydrogen (secondary N) is 2. The number of hydrogen-bond acceptors (Lipinski definition) is 5. The first-order chi connectivity index (χ1) is 12.9. The van der Waals surface area contributed by atoms with Gasteiger partial charge in [0.25, 0.3) is 0 Å². The van der Waals surface area contributed by atoms with Crippen molar-refractivity contribution in [3.05, 3.63) is 29.8 Å². The van der Waals surface area contributed by atoms with Crippen LogP contribution in [0.15, 0.2) is 34.3 Å². The van der Waals surface area contributed by atoms with Crippen LogP contribution in [0.1, 0.15) is 84.6 Å². The second-order valence-corrected chi connectivity index (χ2v) is 8.46. The van der Waals surface area contributed by atoms with E-state index >= 15 is 0 Å². The summed E-state index contributed by atoms with van der Waals surface area (Å²) < 4.78 is 0. The van der Waals surface area contributed by atoms with Crippen molar-refractivity contribution in [3.63, 3.8) is 0 Å². The molecule has 0 saturated heterocycles. The summed E-state index contributed by atoms with van der Waals surface area (Å²) in [5.74, 6) is 1.12. The highest BCUT2D eigenvalue weighted by Crippen LogP contribution is 2.23. The van der Waals surface area contributed by atoms with Gasteiger partial charge in [0, 0.05) is 5.69 Å². The maximum Gasteiger partial charge on any atom is 0.204 e. The van der Waals surface area contributed by atoms with Crippen LogP contribution < -0.4 is 16.4 Å². The summed E-state index contributed by atoms with van der Waals surface area (Å²) in [6.07, 6.45) is 9.90. The third kappa shape index (κ3) is 7.61. The minimum Gasteiger partial charge on any atom is -0.370 e. The van der Waals surface area contributed by atoms with Crippen LogP contribution >= 0.6 is 0 Å². The largest absolute Gasteiger partial charge is 0.370 e. The third-order valence-electron chi connectivity index (χ3n) is 4.89. The average molecular weight is 372 g/mol. The van der Waals surface area contributed by atoms with Gasteiger partial charge in [-0.2, -0.15) is 0 Å². The van der Waals surface area contributed by atoms with Gasteiger partial charge in [0.05, 0.1) is 0 Å². The van der Waals surface area contributed by atoms with Crippen molar-refractivity contribution in [2.24, 2.45) is 15.7 Å². The Morgan fingerprint density at radius 1 is 0.963 bits per heavy atom. The normalized spacial score (nSPS) is 17.1. The van der Waals surface area contributed by atoms with E-state index < -0.39 is 0 Å². The van der Waals surface area contributed by atoms with Gasteiger partial charge in [0.15, 0.2) is 5.96 Å². The maximum absolute atomic E-state index is 5.95. The molecule has 1 aromatic carbocycles.